The van der Waals surface area contributed by atoms with E-state index >= 15 is 0 Å². The lowest BCUT2D eigenvalue weighted by atomic mass is 9.86. The summed E-state index contributed by atoms with van der Waals surface area (Å²) in [6.45, 7) is 6.83. The van der Waals surface area contributed by atoms with Crippen LogP contribution in [0.25, 0.3) is 5.78 Å². The molecule has 0 unspecified atom stereocenters. The average molecular weight is 326 g/mol. The smallest absolute Gasteiger partial charge is 0.277 e. The summed E-state index contributed by atoms with van der Waals surface area (Å²) in [5.74, 6) is 0.360. The molecule has 0 aliphatic carbocycles. The number of rotatable bonds is 4. The van der Waals surface area contributed by atoms with Crippen molar-refractivity contribution in [1.29, 1.82) is 0 Å². The van der Waals surface area contributed by atoms with Crippen LogP contribution in [0.1, 0.15) is 43.2 Å². The van der Waals surface area contributed by atoms with Crippen LogP contribution in [-0.2, 0) is 23.2 Å². The molecule has 0 amide bonds. The molecule has 3 aromatic rings. The normalized spacial score (nSPS) is 12.0. The number of fused-ring (bicyclic) bond motifs is 1. The molecule has 3 rings (SSSR count). The van der Waals surface area contributed by atoms with Crippen molar-refractivity contribution in [2.45, 2.75) is 39.2 Å². The minimum Gasteiger partial charge on any atom is -0.378 e. The van der Waals surface area contributed by atoms with Gasteiger partial charge in [0.1, 0.15) is 6.33 Å². The first kappa shape index (κ1) is 16.4. The van der Waals surface area contributed by atoms with E-state index in [1.807, 2.05) is 0 Å². The molecule has 126 valence electrons. The van der Waals surface area contributed by atoms with Crippen LogP contribution in [-0.4, -0.2) is 26.7 Å². The van der Waals surface area contributed by atoms with Crippen molar-refractivity contribution in [3.8, 4) is 0 Å². The van der Waals surface area contributed by atoms with Gasteiger partial charge in [0.2, 0.25) is 0 Å². The Hall–Kier alpha value is -2.47. The van der Waals surface area contributed by atoms with E-state index in [4.69, 9.17) is 4.74 Å². The largest absolute Gasteiger partial charge is 0.378 e. The number of methoxy groups -OCH3 is 1. The third-order valence-electron chi connectivity index (χ3n) is 4.09. The Morgan fingerprint density at radius 2 is 1.92 bits per heavy atom. The van der Waals surface area contributed by atoms with Crippen molar-refractivity contribution in [3.05, 3.63) is 63.3 Å². The highest BCUT2D eigenvalue weighted by Gasteiger charge is 2.16. The standard InChI is InChI=1S/C18H22N4O2/c1-18(2,3)13-7-5-12(6-8-13)9-14-15(10-24-4)21-17-19-11-20-22(17)16(14)23/h5-8,11H,9-10H2,1-4H3,(H,19,20,21). The van der Waals surface area contributed by atoms with Crippen LogP contribution < -0.4 is 5.56 Å². The second-order valence-corrected chi connectivity index (χ2v) is 6.92. The van der Waals surface area contributed by atoms with Crippen molar-refractivity contribution in [2.24, 2.45) is 0 Å². The Morgan fingerprint density at radius 1 is 1.21 bits per heavy atom. The van der Waals surface area contributed by atoms with Crippen LogP contribution in [0.15, 0.2) is 35.4 Å². The molecule has 0 bridgehead atoms. The van der Waals surface area contributed by atoms with E-state index in [1.54, 1.807) is 7.11 Å². The highest BCUT2D eigenvalue weighted by Crippen LogP contribution is 2.23. The van der Waals surface area contributed by atoms with Crippen LogP contribution in [0.4, 0.5) is 0 Å². The van der Waals surface area contributed by atoms with Gasteiger partial charge in [0.05, 0.1) is 12.3 Å². The van der Waals surface area contributed by atoms with Gasteiger partial charge in [-0.25, -0.2) is 9.97 Å². The molecule has 2 aromatic heterocycles. The molecule has 6 heteroatoms. The van der Waals surface area contributed by atoms with Crippen molar-refractivity contribution >= 4 is 5.78 Å². The number of aromatic amines is 1. The van der Waals surface area contributed by atoms with Crippen LogP contribution in [0.3, 0.4) is 0 Å². The van der Waals surface area contributed by atoms with Gasteiger partial charge in [-0.1, -0.05) is 45.0 Å². The van der Waals surface area contributed by atoms with Gasteiger partial charge in [0.15, 0.2) is 0 Å². The summed E-state index contributed by atoms with van der Waals surface area (Å²) < 4.78 is 6.56. The first-order chi connectivity index (χ1) is 11.4. The topological polar surface area (TPSA) is 72.3 Å². The van der Waals surface area contributed by atoms with E-state index < -0.39 is 0 Å². The number of benzene rings is 1. The maximum atomic E-state index is 12.7. The summed E-state index contributed by atoms with van der Waals surface area (Å²) >= 11 is 0. The van der Waals surface area contributed by atoms with Crippen molar-refractivity contribution < 1.29 is 4.74 Å². The Bertz CT molecular complexity index is 901. The second kappa shape index (κ2) is 6.20. The van der Waals surface area contributed by atoms with Gasteiger partial charge in [0, 0.05) is 19.1 Å². The Balaban J connectivity index is 2.01. The number of nitrogens with one attached hydrogen (secondary N) is 1. The summed E-state index contributed by atoms with van der Waals surface area (Å²) in [6, 6.07) is 8.37. The van der Waals surface area contributed by atoms with Gasteiger partial charge < -0.3 is 4.74 Å². The quantitative estimate of drug-likeness (QED) is 0.799. The van der Waals surface area contributed by atoms with Crippen LogP contribution in [0.2, 0.25) is 0 Å². The zero-order chi connectivity index (χ0) is 17.3. The highest BCUT2D eigenvalue weighted by molar-refractivity contribution is 5.36. The monoisotopic (exact) mass is 326 g/mol. The van der Waals surface area contributed by atoms with E-state index in [0.29, 0.717) is 23.5 Å². The molecule has 0 aliphatic rings. The predicted octanol–water partition coefficient (Wildman–Crippen LogP) is 2.45. The molecule has 0 atom stereocenters. The van der Waals surface area contributed by atoms with Crippen molar-refractivity contribution in [3.63, 3.8) is 0 Å². The molecule has 2 heterocycles. The molecule has 0 fully saturated rings. The summed E-state index contributed by atoms with van der Waals surface area (Å²) in [4.78, 5) is 21.2. The molecular formula is C18H22N4O2. The highest BCUT2D eigenvalue weighted by atomic mass is 16.5. The predicted molar refractivity (Wildman–Crippen MR) is 92.3 cm³/mol. The molecule has 0 saturated carbocycles. The minimum absolute atomic E-state index is 0.107. The maximum absolute atomic E-state index is 12.7. The number of ether oxygens (including phenoxy) is 1. The number of aromatic nitrogens is 4. The lowest BCUT2D eigenvalue weighted by molar-refractivity contribution is 0.180. The second-order valence-electron chi connectivity index (χ2n) is 6.92. The van der Waals surface area contributed by atoms with E-state index in [2.05, 4.69) is 60.1 Å². The molecule has 0 aliphatic heterocycles. The van der Waals surface area contributed by atoms with Crippen molar-refractivity contribution in [2.75, 3.05) is 7.11 Å². The molecule has 0 spiro atoms. The fourth-order valence-corrected chi connectivity index (χ4v) is 2.70. The van der Waals surface area contributed by atoms with Gasteiger partial charge in [-0.05, 0) is 16.5 Å². The summed E-state index contributed by atoms with van der Waals surface area (Å²) in [5, 5.41) is 2.80. The van der Waals surface area contributed by atoms with Gasteiger partial charge in [-0.2, -0.15) is 4.52 Å². The Kier molecular flexibility index (Phi) is 4.24. The first-order valence-corrected chi connectivity index (χ1v) is 7.92. The van der Waals surface area contributed by atoms with E-state index in [9.17, 15) is 4.79 Å². The molecule has 24 heavy (non-hydrogen) atoms. The zero-order valence-electron chi connectivity index (χ0n) is 14.5. The number of H-pyrrole nitrogens is 1. The molecular weight excluding hydrogens is 304 g/mol. The fourth-order valence-electron chi connectivity index (χ4n) is 2.70. The van der Waals surface area contributed by atoms with Crippen LogP contribution >= 0.6 is 0 Å². The number of nitrogens with zero attached hydrogens (tertiary/aromatic N) is 3. The third kappa shape index (κ3) is 3.10. The SMILES string of the molecule is COCc1nc2nc[nH]n2c(=O)c1Cc1ccc(C(C)(C)C)cc1. The molecule has 0 saturated heterocycles. The number of hydrogen-bond donors (Lipinski definition) is 1. The van der Waals surface area contributed by atoms with Crippen molar-refractivity contribution in [1.82, 2.24) is 19.6 Å². The molecule has 0 radical (unpaired) electrons. The first-order valence-electron chi connectivity index (χ1n) is 7.92. The fraction of sp³-hybridized carbons (Fsp3) is 0.389. The van der Waals surface area contributed by atoms with Gasteiger partial charge >= 0.3 is 0 Å². The Labute approximate surface area is 140 Å². The Morgan fingerprint density at radius 3 is 2.54 bits per heavy atom. The van der Waals surface area contributed by atoms with E-state index in [0.717, 1.165) is 5.56 Å². The number of hydrogen-bond acceptors (Lipinski definition) is 4. The average Bonchev–Trinajstić information content (AvgIpc) is 2.99. The van der Waals surface area contributed by atoms with Crippen LogP contribution in [0, 0.1) is 0 Å². The van der Waals surface area contributed by atoms with Gasteiger partial charge in [-0.15, -0.1) is 0 Å². The molecule has 1 aromatic carbocycles. The summed E-state index contributed by atoms with van der Waals surface area (Å²) in [6.07, 6.45) is 1.97. The minimum atomic E-state index is -0.135. The zero-order valence-corrected chi connectivity index (χ0v) is 14.5. The van der Waals surface area contributed by atoms with E-state index in [-0.39, 0.29) is 17.6 Å². The van der Waals surface area contributed by atoms with E-state index in [1.165, 1.54) is 16.4 Å². The van der Waals surface area contributed by atoms with Gasteiger partial charge in [-0.3, -0.25) is 9.89 Å². The summed E-state index contributed by atoms with van der Waals surface area (Å²) in [5.41, 5.74) is 3.57. The molecule has 1 N–H and O–H groups in total. The lowest BCUT2D eigenvalue weighted by Gasteiger charge is -2.19. The lowest BCUT2D eigenvalue weighted by Crippen LogP contribution is -2.23. The third-order valence-corrected chi connectivity index (χ3v) is 4.09. The molecule has 6 nitrogen and oxygen atoms in total. The van der Waals surface area contributed by atoms with Gasteiger partial charge in [0.25, 0.3) is 11.3 Å². The maximum Gasteiger partial charge on any atom is 0.277 e. The summed E-state index contributed by atoms with van der Waals surface area (Å²) in [7, 11) is 1.59. The van der Waals surface area contributed by atoms with Crippen LogP contribution in [0.5, 0.6) is 0 Å².